The van der Waals surface area contributed by atoms with Crippen LogP contribution in [0.15, 0.2) is 12.1 Å². The minimum Gasteiger partial charge on any atom is -0.506 e. The van der Waals surface area contributed by atoms with Crippen LogP contribution in [0.5, 0.6) is 28.7 Å². The van der Waals surface area contributed by atoms with E-state index in [4.69, 9.17) is 37.4 Å². The van der Waals surface area contributed by atoms with Gasteiger partial charge in [-0.15, -0.1) is 0 Å². The summed E-state index contributed by atoms with van der Waals surface area (Å²) in [4.78, 5) is 12.4. The van der Waals surface area contributed by atoms with Crippen molar-refractivity contribution in [3.63, 3.8) is 0 Å². The molecule has 0 aliphatic carbocycles. The van der Waals surface area contributed by atoms with Crippen molar-refractivity contribution in [3.8, 4) is 28.7 Å². The van der Waals surface area contributed by atoms with Gasteiger partial charge in [0.05, 0.1) is 17.2 Å². The van der Waals surface area contributed by atoms with Crippen molar-refractivity contribution in [1.29, 1.82) is 0 Å². The highest BCUT2D eigenvalue weighted by molar-refractivity contribution is 6.33. The number of carbonyl (C=O) groups excluding carboxylic acids is 1. The number of aromatic hydroxyl groups is 1. The number of fused-ring (bicyclic) bond motifs is 2. The lowest BCUT2D eigenvalue weighted by molar-refractivity contribution is 0.0736. The summed E-state index contributed by atoms with van der Waals surface area (Å²) in [7, 11) is 1.46. The summed E-state index contributed by atoms with van der Waals surface area (Å²) in [6.07, 6.45) is 0. The van der Waals surface area contributed by atoms with Gasteiger partial charge in [0.15, 0.2) is 11.5 Å². The number of phenols is 1. The van der Waals surface area contributed by atoms with E-state index in [0.717, 1.165) is 0 Å². The van der Waals surface area contributed by atoms with Gasteiger partial charge in [-0.3, -0.25) is 0 Å². The number of ether oxygens (including phenoxy) is 3. The third-order valence-corrected chi connectivity index (χ3v) is 4.60. The molecule has 1 aliphatic rings. The maximum absolute atomic E-state index is 12.4. The highest BCUT2D eigenvalue weighted by Gasteiger charge is 2.30. The number of methoxy groups -OCH3 is 1. The molecule has 1 heterocycles. The minimum atomic E-state index is -0.637. The van der Waals surface area contributed by atoms with Gasteiger partial charge in [-0.25, -0.2) is 4.79 Å². The van der Waals surface area contributed by atoms with Gasteiger partial charge in [0, 0.05) is 17.7 Å². The lowest BCUT2D eigenvalue weighted by Gasteiger charge is -2.14. The van der Waals surface area contributed by atoms with Crippen LogP contribution in [0.1, 0.15) is 21.5 Å². The Morgan fingerprint density at radius 2 is 1.74 bits per heavy atom. The fraction of sp³-hybridized carbons (Fsp3) is 0.188. The van der Waals surface area contributed by atoms with Gasteiger partial charge in [-0.1, -0.05) is 23.2 Å². The summed E-state index contributed by atoms with van der Waals surface area (Å²) in [6, 6.07) is 2.75. The van der Waals surface area contributed by atoms with Crippen molar-refractivity contribution in [1.82, 2.24) is 0 Å². The molecule has 2 aromatic carbocycles. The maximum atomic E-state index is 12.4. The van der Waals surface area contributed by atoms with Crippen molar-refractivity contribution in [2.45, 2.75) is 13.8 Å². The molecule has 5 nitrogen and oxygen atoms in total. The van der Waals surface area contributed by atoms with E-state index in [0.29, 0.717) is 21.9 Å². The van der Waals surface area contributed by atoms with Crippen LogP contribution >= 0.6 is 23.2 Å². The molecule has 3 rings (SSSR count). The van der Waals surface area contributed by atoms with E-state index in [1.165, 1.54) is 19.2 Å². The summed E-state index contributed by atoms with van der Waals surface area (Å²) in [6.45, 7) is 3.31. The van der Waals surface area contributed by atoms with Gasteiger partial charge in [0.2, 0.25) is 0 Å². The van der Waals surface area contributed by atoms with Crippen molar-refractivity contribution >= 4 is 29.2 Å². The lowest BCUT2D eigenvalue weighted by atomic mass is 10.1. The molecule has 7 heteroatoms. The molecule has 1 N–H and O–H groups in total. The first-order valence-electron chi connectivity index (χ1n) is 6.64. The Kier molecular flexibility index (Phi) is 3.78. The molecule has 0 atom stereocenters. The normalized spacial score (nSPS) is 12.7. The van der Waals surface area contributed by atoms with E-state index >= 15 is 0 Å². The second kappa shape index (κ2) is 5.51. The number of rotatable bonds is 1. The molecule has 0 aromatic heterocycles. The largest absolute Gasteiger partial charge is 0.506 e. The van der Waals surface area contributed by atoms with E-state index < -0.39 is 5.97 Å². The number of carbonyl (C=O) groups is 1. The van der Waals surface area contributed by atoms with Gasteiger partial charge in [0.1, 0.15) is 22.8 Å². The van der Waals surface area contributed by atoms with Crippen LogP contribution in [-0.4, -0.2) is 18.2 Å². The van der Waals surface area contributed by atoms with Crippen LogP contribution in [0, 0.1) is 13.8 Å². The number of benzene rings is 2. The van der Waals surface area contributed by atoms with Crippen molar-refractivity contribution in [2.75, 3.05) is 7.11 Å². The van der Waals surface area contributed by atoms with Crippen LogP contribution in [0.3, 0.4) is 0 Å². The molecule has 0 bridgehead atoms. The fourth-order valence-electron chi connectivity index (χ4n) is 2.41. The van der Waals surface area contributed by atoms with Crippen molar-refractivity contribution < 1.29 is 24.1 Å². The van der Waals surface area contributed by atoms with Crippen LogP contribution in [0.2, 0.25) is 10.0 Å². The molecular formula is C16H12Cl2O5. The van der Waals surface area contributed by atoms with E-state index in [1.807, 2.05) is 0 Å². The Labute approximate surface area is 142 Å². The second-order valence-electron chi connectivity index (χ2n) is 5.04. The summed E-state index contributed by atoms with van der Waals surface area (Å²) >= 11 is 12.2. The molecule has 1 aliphatic heterocycles. The fourth-order valence-corrected chi connectivity index (χ4v) is 2.78. The summed E-state index contributed by atoms with van der Waals surface area (Å²) in [5, 5.41) is 10.3. The third kappa shape index (κ3) is 2.36. The molecule has 0 saturated heterocycles. The first-order chi connectivity index (χ1) is 10.8. The predicted octanol–water partition coefficient (Wildman–Crippen LogP) is 4.65. The quantitative estimate of drug-likeness (QED) is 0.596. The summed E-state index contributed by atoms with van der Waals surface area (Å²) in [5.74, 6) is 0.155. The number of halogens is 2. The molecule has 23 heavy (non-hydrogen) atoms. The molecule has 0 radical (unpaired) electrons. The van der Waals surface area contributed by atoms with Crippen LogP contribution in [0.25, 0.3) is 0 Å². The second-order valence-corrected chi connectivity index (χ2v) is 5.80. The Morgan fingerprint density at radius 1 is 1.04 bits per heavy atom. The number of hydrogen-bond acceptors (Lipinski definition) is 5. The molecule has 0 unspecified atom stereocenters. The Hall–Kier alpha value is -2.11. The standard InChI is InChI=1S/C16H12Cl2O5/c1-6-12-9(4-8(19)13(6)17)22-15-7(2)14(18)10(21-3)5-11(15)23-16(12)20/h4-5,19H,1-3H3. The zero-order chi connectivity index (χ0) is 16.9. The SMILES string of the molecule is COc1cc2c(c(C)c1Cl)Oc1cc(O)c(Cl)c(C)c1C(=O)O2. The van der Waals surface area contributed by atoms with E-state index in [9.17, 15) is 9.90 Å². The number of phenolic OH excluding ortho intramolecular Hbond substituents is 1. The Bertz CT molecular complexity index is 845. The van der Waals surface area contributed by atoms with Crippen LogP contribution < -0.4 is 14.2 Å². The molecule has 120 valence electrons. The van der Waals surface area contributed by atoms with Gasteiger partial charge in [-0.05, 0) is 19.4 Å². The summed E-state index contributed by atoms with van der Waals surface area (Å²) < 4.78 is 16.4. The Morgan fingerprint density at radius 3 is 2.39 bits per heavy atom. The van der Waals surface area contributed by atoms with Gasteiger partial charge in [-0.2, -0.15) is 0 Å². The predicted molar refractivity (Wildman–Crippen MR) is 85.6 cm³/mol. The molecule has 0 fully saturated rings. The molecule has 0 amide bonds. The zero-order valence-electron chi connectivity index (χ0n) is 12.5. The highest BCUT2D eigenvalue weighted by Crippen LogP contribution is 2.48. The number of esters is 1. The lowest BCUT2D eigenvalue weighted by Crippen LogP contribution is -2.09. The maximum Gasteiger partial charge on any atom is 0.347 e. The molecule has 0 saturated carbocycles. The molecular weight excluding hydrogens is 343 g/mol. The third-order valence-electron chi connectivity index (χ3n) is 3.65. The monoisotopic (exact) mass is 354 g/mol. The molecule has 0 spiro atoms. The van der Waals surface area contributed by atoms with Gasteiger partial charge in [0.25, 0.3) is 0 Å². The van der Waals surface area contributed by atoms with Gasteiger partial charge >= 0.3 is 5.97 Å². The van der Waals surface area contributed by atoms with Crippen LogP contribution in [0.4, 0.5) is 0 Å². The Balaban J connectivity index is 2.27. The van der Waals surface area contributed by atoms with Crippen molar-refractivity contribution in [3.05, 3.63) is 38.9 Å². The number of hydrogen-bond donors (Lipinski definition) is 1. The van der Waals surface area contributed by atoms with Crippen LogP contribution in [-0.2, 0) is 0 Å². The topological polar surface area (TPSA) is 65.0 Å². The highest BCUT2D eigenvalue weighted by atomic mass is 35.5. The first kappa shape index (κ1) is 15.8. The van der Waals surface area contributed by atoms with Gasteiger partial charge < -0.3 is 19.3 Å². The average molecular weight is 355 g/mol. The summed E-state index contributed by atoms with van der Waals surface area (Å²) in [5.41, 5.74) is 1.07. The zero-order valence-corrected chi connectivity index (χ0v) is 14.0. The average Bonchev–Trinajstić information content (AvgIpc) is 2.65. The first-order valence-corrected chi connectivity index (χ1v) is 7.40. The smallest absolute Gasteiger partial charge is 0.347 e. The van der Waals surface area contributed by atoms with E-state index in [1.54, 1.807) is 13.8 Å². The van der Waals surface area contributed by atoms with Crippen molar-refractivity contribution in [2.24, 2.45) is 0 Å². The molecule has 2 aromatic rings. The minimum absolute atomic E-state index is 0.0718. The van der Waals surface area contributed by atoms with E-state index in [-0.39, 0.29) is 33.6 Å². The van der Waals surface area contributed by atoms with E-state index in [2.05, 4.69) is 0 Å².